The number of hydrogen-bond donors (Lipinski definition) is 0. The van der Waals surface area contributed by atoms with Crippen LogP contribution >= 0.6 is 0 Å². The first-order valence-corrected chi connectivity index (χ1v) is 10.7. The molecule has 2 saturated heterocycles. The van der Waals surface area contributed by atoms with Gasteiger partial charge < -0.3 is 0 Å². The second kappa shape index (κ2) is 7.80. The molecule has 2 atom stereocenters. The summed E-state index contributed by atoms with van der Waals surface area (Å²) in [4.78, 5) is 0. The number of rotatable bonds is 2. The Morgan fingerprint density at radius 3 is 2.00 bits per heavy atom. The lowest BCUT2D eigenvalue weighted by molar-refractivity contribution is 0.492. The monoisotopic (exact) mass is 300 g/mol. The summed E-state index contributed by atoms with van der Waals surface area (Å²) in [6, 6.07) is 0. The van der Waals surface area contributed by atoms with Crippen molar-refractivity contribution in [1.29, 1.82) is 0 Å². The predicted molar refractivity (Wildman–Crippen MR) is 103 cm³/mol. The summed E-state index contributed by atoms with van der Waals surface area (Å²) >= 11 is 0. The molecular formula is C20H38B2. The molecule has 3 rings (SSSR count). The Hall–Kier alpha value is 0.130. The molecule has 2 bridgehead atoms. The topological polar surface area (TPSA) is 0 Å². The lowest BCUT2D eigenvalue weighted by atomic mass is 9.26. The zero-order valence-corrected chi connectivity index (χ0v) is 15.3. The zero-order chi connectivity index (χ0) is 15.3. The van der Waals surface area contributed by atoms with Crippen molar-refractivity contribution in [3.63, 3.8) is 0 Å². The van der Waals surface area contributed by atoms with Gasteiger partial charge in [-0.3, -0.25) is 0 Å². The molecule has 2 aliphatic heterocycles. The SMILES string of the molecule is CC12BC(BC3CCCCCCCCC3)(CCCCC1)CC2. The summed E-state index contributed by atoms with van der Waals surface area (Å²) in [5, 5.41) is 1.49. The first-order valence-electron chi connectivity index (χ1n) is 10.7. The third kappa shape index (κ3) is 4.57. The van der Waals surface area contributed by atoms with Crippen LogP contribution in [0.1, 0.15) is 110 Å². The molecule has 0 nitrogen and oxygen atoms in total. The van der Waals surface area contributed by atoms with Crippen molar-refractivity contribution in [3.8, 4) is 0 Å². The van der Waals surface area contributed by atoms with Gasteiger partial charge in [-0.05, 0) is 0 Å². The van der Waals surface area contributed by atoms with Crippen LogP contribution in [0.4, 0.5) is 0 Å². The molecule has 0 N–H and O–H groups in total. The van der Waals surface area contributed by atoms with Crippen molar-refractivity contribution in [2.75, 3.05) is 0 Å². The molecule has 2 heteroatoms. The lowest BCUT2D eigenvalue weighted by Gasteiger charge is -2.36. The van der Waals surface area contributed by atoms with Crippen LogP contribution in [0.5, 0.6) is 0 Å². The van der Waals surface area contributed by atoms with Gasteiger partial charge in [-0.25, -0.2) is 0 Å². The molecule has 2 heterocycles. The van der Waals surface area contributed by atoms with Crippen molar-refractivity contribution in [3.05, 3.63) is 0 Å². The van der Waals surface area contributed by atoms with Gasteiger partial charge in [-0.2, -0.15) is 0 Å². The smallest absolute Gasteiger partial charge is 0.0767 e. The van der Waals surface area contributed by atoms with Gasteiger partial charge >= 0.3 is 0 Å². The highest BCUT2D eigenvalue weighted by molar-refractivity contribution is 6.65. The van der Waals surface area contributed by atoms with Gasteiger partial charge in [0, 0.05) is 0 Å². The van der Waals surface area contributed by atoms with E-state index >= 15 is 0 Å². The fourth-order valence-corrected chi connectivity index (χ4v) is 6.29. The lowest BCUT2D eigenvalue weighted by Crippen LogP contribution is -2.31. The van der Waals surface area contributed by atoms with Gasteiger partial charge in [0.15, 0.2) is 0 Å². The van der Waals surface area contributed by atoms with Crippen LogP contribution in [0.3, 0.4) is 0 Å². The van der Waals surface area contributed by atoms with E-state index in [1.54, 1.807) is 46.7 Å². The fraction of sp³-hybridized carbons (Fsp3) is 1.00. The Morgan fingerprint density at radius 1 is 0.682 bits per heavy atom. The van der Waals surface area contributed by atoms with E-state index in [9.17, 15) is 0 Å². The van der Waals surface area contributed by atoms with Crippen molar-refractivity contribution in [1.82, 2.24) is 0 Å². The van der Waals surface area contributed by atoms with E-state index in [1.807, 2.05) is 0 Å². The van der Waals surface area contributed by atoms with E-state index in [4.69, 9.17) is 0 Å². The molecule has 0 amide bonds. The standard InChI is InChI=1S/C20H38B2/c1-19-14-10-7-11-15-20(22-19,17-16-19)21-18-12-8-5-3-2-4-6-9-13-18/h18,21-22H,2-17H2,1H3. The Balaban J connectivity index is 1.61. The van der Waals surface area contributed by atoms with E-state index in [-0.39, 0.29) is 0 Å². The number of fused-ring (bicyclic) bond motifs is 2. The quantitative estimate of drug-likeness (QED) is 0.531. The van der Waals surface area contributed by atoms with E-state index in [0.29, 0.717) is 0 Å². The molecule has 0 spiro atoms. The second-order valence-corrected chi connectivity index (χ2v) is 9.67. The average Bonchev–Trinajstić information content (AvgIpc) is 2.84. The molecule has 1 saturated carbocycles. The molecule has 0 aromatic rings. The van der Waals surface area contributed by atoms with Crippen molar-refractivity contribution in [2.45, 2.75) is 126 Å². The van der Waals surface area contributed by atoms with Gasteiger partial charge in [-0.15, -0.1) is 0 Å². The first-order chi connectivity index (χ1) is 10.7. The normalized spacial score (nSPS) is 38.6. The first kappa shape index (κ1) is 17.0. The highest BCUT2D eigenvalue weighted by Crippen LogP contribution is 2.59. The molecule has 0 aromatic heterocycles. The van der Waals surface area contributed by atoms with E-state index < -0.39 is 0 Å². The average molecular weight is 300 g/mol. The van der Waals surface area contributed by atoms with Crippen molar-refractivity contribution < 1.29 is 0 Å². The Morgan fingerprint density at radius 2 is 1.27 bits per heavy atom. The van der Waals surface area contributed by atoms with Gasteiger partial charge in [0.25, 0.3) is 0 Å². The largest absolute Gasteiger partial charge is 0.126 e. The van der Waals surface area contributed by atoms with Gasteiger partial charge in [0.2, 0.25) is 0 Å². The molecular weight excluding hydrogens is 262 g/mol. The summed E-state index contributed by atoms with van der Waals surface area (Å²) in [5.74, 6) is 1.07. The summed E-state index contributed by atoms with van der Waals surface area (Å²) < 4.78 is 0. The minimum absolute atomic E-state index is 0.719. The predicted octanol–water partition coefficient (Wildman–Crippen LogP) is 6.23. The van der Waals surface area contributed by atoms with Crippen LogP contribution in [0.2, 0.25) is 16.3 Å². The van der Waals surface area contributed by atoms with Crippen LogP contribution in [0.25, 0.3) is 0 Å². The van der Waals surface area contributed by atoms with Crippen LogP contribution < -0.4 is 0 Å². The van der Waals surface area contributed by atoms with Gasteiger partial charge in [0.1, 0.15) is 14.6 Å². The Bertz CT molecular complexity index is 329. The summed E-state index contributed by atoms with van der Waals surface area (Å²) in [6.45, 7) is 2.62. The van der Waals surface area contributed by atoms with E-state index in [2.05, 4.69) is 6.92 Å². The molecule has 124 valence electrons. The Labute approximate surface area is 141 Å². The van der Waals surface area contributed by atoms with Gasteiger partial charge in [0.05, 0.1) is 0 Å². The maximum absolute atomic E-state index is 2.62. The minimum atomic E-state index is 0.719. The van der Waals surface area contributed by atoms with Crippen LogP contribution in [-0.2, 0) is 0 Å². The maximum atomic E-state index is 2.62. The third-order valence-electron chi connectivity index (χ3n) is 7.49. The van der Waals surface area contributed by atoms with Crippen LogP contribution in [0, 0.1) is 0 Å². The van der Waals surface area contributed by atoms with Crippen LogP contribution in [-0.4, -0.2) is 14.6 Å². The molecule has 3 fully saturated rings. The van der Waals surface area contributed by atoms with Crippen molar-refractivity contribution in [2.24, 2.45) is 0 Å². The molecule has 2 unspecified atom stereocenters. The van der Waals surface area contributed by atoms with Crippen molar-refractivity contribution >= 4 is 14.6 Å². The highest BCUT2D eigenvalue weighted by Gasteiger charge is 2.47. The molecule has 22 heavy (non-hydrogen) atoms. The third-order valence-corrected chi connectivity index (χ3v) is 7.49. The summed E-state index contributed by atoms with van der Waals surface area (Å²) in [5.41, 5.74) is 0. The molecule has 0 radical (unpaired) electrons. The minimum Gasteiger partial charge on any atom is -0.0767 e. The summed E-state index contributed by atoms with van der Waals surface area (Å²) in [6.07, 6.45) is 24.5. The Kier molecular flexibility index (Phi) is 6.02. The maximum Gasteiger partial charge on any atom is 0.126 e. The number of hydrogen-bond acceptors (Lipinski definition) is 0. The highest BCUT2D eigenvalue weighted by atomic mass is 14.3. The zero-order valence-electron chi connectivity index (χ0n) is 15.3. The van der Waals surface area contributed by atoms with Crippen LogP contribution in [0.15, 0.2) is 0 Å². The second-order valence-electron chi connectivity index (χ2n) is 9.67. The van der Waals surface area contributed by atoms with E-state index in [1.165, 1.54) is 70.6 Å². The van der Waals surface area contributed by atoms with E-state index in [0.717, 1.165) is 16.3 Å². The fourth-order valence-electron chi connectivity index (χ4n) is 6.29. The molecule has 1 aliphatic carbocycles. The molecule has 3 aliphatic rings. The molecule has 0 aromatic carbocycles. The van der Waals surface area contributed by atoms with Gasteiger partial charge in [-0.1, -0.05) is 126 Å². The summed E-state index contributed by atoms with van der Waals surface area (Å²) in [7, 11) is 3.18.